The first kappa shape index (κ1) is 13.0. The quantitative estimate of drug-likeness (QED) is 0.805. The summed E-state index contributed by atoms with van der Waals surface area (Å²) in [4.78, 5) is 24.3. The first-order chi connectivity index (χ1) is 9.02. The predicted octanol–water partition coefficient (Wildman–Crippen LogP) is 0.531. The lowest BCUT2D eigenvalue weighted by Gasteiger charge is -2.16. The van der Waals surface area contributed by atoms with Crippen LogP contribution in [0.1, 0.15) is 17.5 Å². The molecule has 0 aliphatic carbocycles. The van der Waals surface area contributed by atoms with Crippen LogP contribution in [-0.4, -0.2) is 23.3 Å². The van der Waals surface area contributed by atoms with E-state index in [-0.39, 0.29) is 18.0 Å². The Kier molecular flexibility index (Phi) is 3.47. The molecule has 1 aliphatic heterocycles. The molecule has 2 rings (SSSR count). The summed E-state index contributed by atoms with van der Waals surface area (Å²) in [5.41, 5.74) is 5.71. The van der Waals surface area contributed by atoms with Crippen molar-refractivity contribution in [1.29, 1.82) is 5.26 Å². The number of likely N-dealkylation sites (tertiary alicyclic amines) is 1. The number of nitriles is 1. The van der Waals surface area contributed by atoms with Crippen molar-refractivity contribution in [2.45, 2.75) is 13.0 Å². The minimum Gasteiger partial charge on any atom is -0.369 e. The van der Waals surface area contributed by atoms with Gasteiger partial charge in [-0.25, -0.2) is 4.39 Å². The van der Waals surface area contributed by atoms with Crippen molar-refractivity contribution in [3.05, 3.63) is 35.1 Å². The molecule has 6 heteroatoms. The Morgan fingerprint density at radius 2 is 2.32 bits per heavy atom. The van der Waals surface area contributed by atoms with Crippen LogP contribution < -0.4 is 5.73 Å². The van der Waals surface area contributed by atoms with Crippen LogP contribution in [0, 0.1) is 23.1 Å². The molecular formula is C13H12FN3O2. The fourth-order valence-electron chi connectivity index (χ4n) is 2.13. The number of hydrogen-bond acceptors (Lipinski definition) is 3. The molecule has 1 fully saturated rings. The number of nitrogens with zero attached hydrogens (tertiary/aromatic N) is 2. The Labute approximate surface area is 109 Å². The van der Waals surface area contributed by atoms with E-state index in [9.17, 15) is 14.0 Å². The first-order valence-corrected chi connectivity index (χ1v) is 5.79. The Morgan fingerprint density at radius 1 is 1.58 bits per heavy atom. The molecule has 19 heavy (non-hydrogen) atoms. The highest BCUT2D eigenvalue weighted by molar-refractivity contribution is 6.00. The Bertz CT molecular complexity index is 580. The summed E-state index contributed by atoms with van der Waals surface area (Å²) in [5.74, 6) is -2.33. The highest BCUT2D eigenvalue weighted by Crippen LogP contribution is 2.21. The van der Waals surface area contributed by atoms with Gasteiger partial charge in [-0.15, -0.1) is 0 Å². The zero-order chi connectivity index (χ0) is 14.0. The topological polar surface area (TPSA) is 87.2 Å². The van der Waals surface area contributed by atoms with Crippen LogP contribution in [0.25, 0.3) is 0 Å². The van der Waals surface area contributed by atoms with E-state index in [1.54, 1.807) is 0 Å². The van der Waals surface area contributed by atoms with Gasteiger partial charge < -0.3 is 10.6 Å². The second kappa shape index (κ2) is 5.06. The number of nitrogens with two attached hydrogens (primary N) is 1. The first-order valence-electron chi connectivity index (χ1n) is 5.79. The van der Waals surface area contributed by atoms with E-state index in [1.807, 2.05) is 6.07 Å². The smallest absolute Gasteiger partial charge is 0.235 e. The van der Waals surface area contributed by atoms with Crippen molar-refractivity contribution in [3.8, 4) is 6.07 Å². The molecule has 1 aromatic rings. The van der Waals surface area contributed by atoms with Gasteiger partial charge in [0.25, 0.3) is 0 Å². The minimum atomic E-state index is -0.817. The molecular weight excluding hydrogens is 249 g/mol. The number of carbonyl (C=O) groups excluding carboxylic acids is 2. The van der Waals surface area contributed by atoms with E-state index in [1.165, 1.54) is 23.1 Å². The fraction of sp³-hybridized carbons (Fsp3) is 0.308. The zero-order valence-corrected chi connectivity index (χ0v) is 10.1. The Hall–Kier alpha value is -2.42. The zero-order valence-electron chi connectivity index (χ0n) is 10.1. The van der Waals surface area contributed by atoms with E-state index in [0.717, 1.165) is 0 Å². The number of rotatable bonds is 3. The van der Waals surface area contributed by atoms with Crippen molar-refractivity contribution < 1.29 is 14.0 Å². The van der Waals surface area contributed by atoms with Crippen LogP contribution in [0.4, 0.5) is 4.39 Å². The van der Waals surface area contributed by atoms with E-state index < -0.39 is 17.6 Å². The second-order valence-electron chi connectivity index (χ2n) is 4.42. The van der Waals surface area contributed by atoms with Gasteiger partial charge in [-0.05, 0) is 24.6 Å². The van der Waals surface area contributed by atoms with Crippen LogP contribution in [0.5, 0.6) is 0 Å². The Morgan fingerprint density at radius 3 is 2.89 bits per heavy atom. The number of halogens is 1. The average Bonchev–Trinajstić information content (AvgIpc) is 2.74. The largest absolute Gasteiger partial charge is 0.369 e. The number of amides is 2. The molecule has 0 aromatic heterocycles. The van der Waals surface area contributed by atoms with Gasteiger partial charge in [0.2, 0.25) is 11.8 Å². The van der Waals surface area contributed by atoms with Gasteiger partial charge >= 0.3 is 0 Å². The van der Waals surface area contributed by atoms with Crippen LogP contribution in [-0.2, 0) is 16.1 Å². The molecule has 98 valence electrons. The van der Waals surface area contributed by atoms with Crippen molar-refractivity contribution >= 4 is 11.8 Å². The highest BCUT2D eigenvalue weighted by atomic mass is 19.1. The van der Waals surface area contributed by atoms with E-state index in [0.29, 0.717) is 18.5 Å². The summed E-state index contributed by atoms with van der Waals surface area (Å²) in [6.45, 7) is 0.409. The molecule has 0 radical (unpaired) electrons. The van der Waals surface area contributed by atoms with Crippen LogP contribution in [0.15, 0.2) is 18.2 Å². The lowest BCUT2D eigenvalue weighted by atomic mass is 10.1. The standard InChI is InChI=1S/C13H12FN3O2/c14-11-2-1-8(6-15)5-9(11)7-17-4-3-10(12(16)18)13(17)19/h1-2,5,10H,3-4,7H2,(H2,16,18)/t10-/m0/s1. The summed E-state index contributed by atoms with van der Waals surface area (Å²) in [5, 5.41) is 8.77. The molecule has 0 saturated carbocycles. The predicted molar refractivity (Wildman–Crippen MR) is 63.8 cm³/mol. The molecule has 2 amide bonds. The average molecular weight is 261 g/mol. The van der Waals surface area contributed by atoms with E-state index in [4.69, 9.17) is 11.0 Å². The number of primary amides is 1. The third-order valence-corrected chi connectivity index (χ3v) is 3.18. The number of carbonyl (C=O) groups is 2. The molecule has 0 spiro atoms. The summed E-state index contributed by atoms with van der Waals surface area (Å²) < 4.78 is 13.6. The lowest BCUT2D eigenvalue weighted by Crippen LogP contribution is -2.33. The molecule has 1 heterocycles. The fourth-order valence-corrected chi connectivity index (χ4v) is 2.13. The van der Waals surface area contributed by atoms with Gasteiger partial charge in [0.15, 0.2) is 0 Å². The van der Waals surface area contributed by atoms with Crippen molar-refractivity contribution in [2.75, 3.05) is 6.54 Å². The van der Waals surface area contributed by atoms with Gasteiger partial charge in [0.1, 0.15) is 11.7 Å². The summed E-state index contributed by atoms with van der Waals surface area (Å²) in [6, 6.07) is 5.88. The number of benzene rings is 1. The van der Waals surface area contributed by atoms with Crippen LogP contribution >= 0.6 is 0 Å². The normalized spacial score (nSPS) is 18.4. The molecule has 5 nitrogen and oxygen atoms in total. The molecule has 0 bridgehead atoms. The van der Waals surface area contributed by atoms with E-state index >= 15 is 0 Å². The van der Waals surface area contributed by atoms with Crippen molar-refractivity contribution in [1.82, 2.24) is 4.90 Å². The second-order valence-corrected chi connectivity index (χ2v) is 4.42. The SMILES string of the molecule is N#Cc1ccc(F)c(CN2CC[C@@H](C(N)=O)C2=O)c1. The molecule has 2 N–H and O–H groups in total. The van der Waals surface area contributed by atoms with Crippen LogP contribution in [0.3, 0.4) is 0 Å². The highest BCUT2D eigenvalue weighted by Gasteiger charge is 2.35. The van der Waals surface area contributed by atoms with Gasteiger partial charge in [-0.1, -0.05) is 0 Å². The monoisotopic (exact) mass is 261 g/mol. The van der Waals surface area contributed by atoms with E-state index in [2.05, 4.69) is 0 Å². The molecule has 1 aromatic carbocycles. The van der Waals surface area contributed by atoms with Crippen LogP contribution in [0.2, 0.25) is 0 Å². The lowest BCUT2D eigenvalue weighted by molar-refractivity contribution is -0.136. The molecule has 1 saturated heterocycles. The molecule has 1 atom stereocenters. The minimum absolute atomic E-state index is 0.0456. The Balaban J connectivity index is 2.17. The third-order valence-electron chi connectivity index (χ3n) is 3.18. The van der Waals surface area contributed by atoms with Gasteiger partial charge in [-0.3, -0.25) is 9.59 Å². The number of hydrogen-bond donors (Lipinski definition) is 1. The maximum Gasteiger partial charge on any atom is 0.235 e. The summed E-state index contributed by atoms with van der Waals surface area (Å²) in [7, 11) is 0. The summed E-state index contributed by atoms with van der Waals surface area (Å²) >= 11 is 0. The van der Waals surface area contributed by atoms with Gasteiger partial charge in [0.05, 0.1) is 11.6 Å². The van der Waals surface area contributed by atoms with Crippen molar-refractivity contribution in [2.24, 2.45) is 11.7 Å². The molecule has 0 unspecified atom stereocenters. The molecule has 1 aliphatic rings. The maximum absolute atomic E-state index is 13.6. The summed E-state index contributed by atoms with van der Waals surface area (Å²) in [6.07, 6.45) is 0.355. The maximum atomic E-state index is 13.6. The van der Waals surface area contributed by atoms with Gasteiger partial charge in [-0.2, -0.15) is 5.26 Å². The van der Waals surface area contributed by atoms with Crippen molar-refractivity contribution in [3.63, 3.8) is 0 Å². The van der Waals surface area contributed by atoms with Gasteiger partial charge in [0, 0.05) is 18.7 Å². The third kappa shape index (κ3) is 2.55.